The molecule has 10 heteroatoms. The summed E-state index contributed by atoms with van der Waals surface area (Å²) in [6.45, 7) is 1.63. The maximum Gasteiger partial charge on any atom is 0.338 e. The number of amides is 3. The van der Waals surface area contributed by atoms with E-state index in [1.807, 2.05) is 12.2 Å². The number of imide groups is 1. The molecule has 0 saturated heterocycles. The standard InChI is InChI=1S/C20H23N3O6S/c1-3-13-21-20(26)22-18(24)14-29-19(25)15-9-11-17(12-10-15)30(27,28)23(2)16-7-5-4-6-8-16/h4-12H,3,13-14H2,1-2H3,(H2,21,22,24,26). The van der Waals surface area contributed by atoms with Gasteiger partial charge in [-0.1, -0.05) is 25.1 Å². The van der Waals surface area contributed by atoms with Crippen molar-refractivity contribution in [2.45, 2.75) is 18.2 Å². The molecule has 0 bridgehead atoms. The SMILES string of the molecule is CCCNC(=O)NC(=O)COC(=O)c1ccc(S(=O)(=O)N(C)c2ccccc2)cc1. The first-order chi connectivity index (χ1) is 14.3. The van der Waals surface area contributed by atoms with Crippen molar-refractivity contribution in [2.24, 2.45) is 0 Å². The number of hydrogen-bond acceptors (Lipinski definition) is 6. The van der Waals surface area contributed by atoms with Gasteiger partial charge in [-0.15, -0.1) is 0 Å². The van der Waals surface area contributed by atoms with Crippen molar-refractivity contribution < 1.29 is 27.5 Å². The van der Waals surface area contributed by atoms with Gasteiger partial charge < -0.3 is 10.1 Å². The van der Waals surface area contributed by atoms with Crippen molar-refractivity contribution in [2.75, 3.05) is 24.5 Å². The summed E-state index contributed by atoms with van der Waals surface area (Å²) >= 11 is 0. The van der Waals surface area contributed by atoms with Gasteiger partial charge >= 0.3 is 12.0 Å². The highest BCUT2D eigenvalue weighted by Gasteiger charge is 2.22. The van der Waals surface area contributed by atoms with E-state index in [1.54, 1.807) is 30.3 Å². The molecule has 0 aliphatic carbocycles. The summed E-state index contributed by atoms with van der Waals surface area (Å²) in [6.07, 6.45) is 0.712. The summed E-state index contributed by atoms with van der Waals surface area (Å²) in [5.41, 5.74) is 0.564. The maximum atomic E-state index is 12.7. The second-order valence-electron chi connectivity index (χ2n) is 6.21. The van der Waals surface area contributed by atoms with Gasteiger partial charge in [0.05, 0.1) is 16.1 Å². The number of ether oxygens (including phenoxy) is 1. The second kappa shape index (κ2) is 10.4. The minimum absolute atomic E-state index is 0.00394. The summed E-state index contributed by atoms with van der Waals surface area (Å²) in [7, 11) is -2.38. The van der Waals surface area contributed by atoms with Crippen molar-refractivity contribution in [3.63, 3.8) is 0 Å². The first-order valence-corrected chi connectivity index (χ1v) is 10.6. The van der Waals surface area contributed by atoms with Crippen LogP contribution in [0.15, 0.2) is 59.5 Å². The van der Waals surface area contributed by atoms with E-state index in [0.29, 0.717) is 18.7 Å². The Morgan fingerprint density at radius 3 is 2.23 bits per heavy atom. The third-order valence-corrected chi connectivity index (χ3v) is 5.79. The van der Waals surface area contributed by atoms with Crippen molar-refractivity contribution >= 4 is 33.6 Å². The zero-order chi connectivity index (χ0) is 22.1. The van der Waals surface area contributed by atoms with Gasteiger partial charge in [-0.3, -0.25) is 14.4 Å². The lowest BCUT2D eigenvalue weighted by molar-refractivity contribution is -0.123. The minimum atomic E-state index is -3.81. The van der Waals surface area contributed by atoms with Crippen LogP contribution in [-0.4, -0.2) is 46.5 Å². The van der Waals surface area contributed by atoms with Gasteiger partial charge in [0.15, 0.2) is 6.61 Å². The highest BCUT2D eigenvalue weighted by molar-refractivity contribution is 7.92. The molecule has 0 aliphatic heterocycles. The molecule has 2 N–H and O–H groups in total. The van der Waals surface area contributed by atoms with Gasteiger partial charge in [-0.25, -0.2) is 18.0 Å². The largest absolute Gasteiger partial charge is 0.452 e. The number of nitrogens with one attached hydrogen (secondary N) is 2. The Hall–Kier alpha value is -3.40. The molecule has 2 aromatic carbocycles. The number of rotatable bonds is 8. The molecule has 0 unspecified atom stereocenters. The van der Waals surface area contributed by atoms with Gasteiger partial charge in [0.25, 0.3) is 15.9 Å². The Morgan fingerprint density at radius 2 is 1.63 bits per heavy atom. The molecule has 0 aliphatic rings. The highest BCUT2D eigenvalue weighted by Crippen LogP contribution is 2.22. The third-order valence-electron chi connectivity index (χ3n) is 3.99. The van der Waals surface area contributed by atoms with Crippen LogP contribution in [0, 0.1) is 0 Å². The van der Waals surface area contributed by atoms with Gasteiger partial charge in [-0.05, 0) is 42.8 Å². The van der Waals surface area contributed by atoms with Crippen LogP contribution in [-0.2, 0) is 19.6 Å². The van der Waals surface area contributed by atoms with Gasteiger partial charge in [-0.2, -0.15) is 0 Å². The number of esters is 1. The van der Waals surface area contributed by atoms with Crippen LogP contribution in [0.3, 0.4) is 0 Å². The average Bonchev–Trinajstić information content (AvgIpc) is 2.76. The number of benzene rings is 2. The van der Waals surface area contributed by atoms with Gasteiger partial charge in [0, 0.05) is 13.6 Å². The molecule has 2 rings (SSSR count). The topological polar surface area (TPSA) is 122 Å². The predicted octanol–water partition coefficient (Wildman–Crippen LogP) is 1.90. The van der Waals surface area contributed by atoms with Crippen molar-refractivity contribution in [1.29, 1.82) is 0 Å². The van der Waals surface area contributed by atoms with Gasteiger partial charge in [0.2, 0.25) is 0 Å². The lowest BCUT2D eigenvalue weighted by Crippen LogP contribution is -2.41. The van der Waals surface area contributed by atoms with Crippen molar-refractivity contribution in [3.8, 4) is 0 Å². The van der Waals surface area contributed by atoms with E-state index in [0.717, 1.165) is 4.31 Å². The van der Waals surface area contributed by atoms with Crippen LogP contribution in [0.2, 0.25) is 0 Å². The Bertz CT molecular complexity index is 991. The van der Waals surface area contributed by atoms with E-state index in [9.17, 15) is 22.8 Å². The quantitative estimate of drug-likeness (QED) is 0.613. The maximum absolute atomic E-state index is 12.7. The first kappa shape index (κ1) is 22.9. The number of urea groups is 1. The van der Waals surface area contributed by atoms with E-state index in [4.69, 9.17) is 4.74 Å². The normalized spacial score (nSPS) is 10.7. The lowest BCUT2D eigenvalue weighted by atomic mass is 10.2. The van der Waals surface area contributed by atoms with E-state index >= 15 is 0 Å². The zero-order valence-corrected chi connectivity index (χ0v) is 17.4. The van der Waals surface area contributed by atoms with Crippen molar-refractivity contribution in [3.05, 3.63) is 60.2 Å². The zero-order valence-electron chi connectivity index (χ0n) is 16.6. The fourth-order valence-electron chi connectivity index (χ4n) is 2.36. The molecule has 0 heterocycles. The molecule has 0 fully saturated rings. The van der Waals surface area contributed by atoms with Crippen LogP contribution >= 0.6 is 0 Å². The fraction of sp³-hybridized carbons (Fsp3) is 0.250. The molecular weight excluding hydrogens is 410 g/mol. The predicted molar refractivity (Wildman–Crippen MR) is 111 cm³/mol. The van der Waals surface area contributed by atoms with Crippen LogP contribution < -0.4 is 14.9 Å². The van der Waals surface area contributed by atoms with Gasteiger partial charge in [0.1, 0.15) is 0 Å². The number of carbonyl (C=O) groups excluding carboxylic acids is 3. The molecule has 30 heavy (non-hydrogen) atoms. The molecule has 0 spiro atoms. The van der Waals surface area contributed by atoms with E-state index in [2.05, 4.69) is 5.32 Å². The number of para-hydroxylation sites is 1. The number of hydrogen-bond donors (Lipinski definition) is 2. The molecule has 2 aromatic rings. The monoisotopic (exact) mass is 433 g/mol. The molecule has 9 nitrogen and oxygen atoms in total. The summed E-state index contributed by atoms with van der Waals surface area (Å²) in [5, 5.41) is 4.48. The minimum Gasteiger partial charge on any atom is -0.452 e. The summed E-state index contributed by atoms with van der Waals surface area (Å²) in [5.74, 6) is -1.60. The molecule has 160 valence electrons. The number of sulfonamides is 1. The van der Waals surface area contributed by atoms with Crippen LogP contribution in [0.5, 0.6) is 0 Å². The highest BCUT2D eigenvalue weighted by atomic mass is 32.2. The van der Waals surface area contributed by atoms with Crippen molar-refractivity contribution in [1.82, 2.24) is 10.6 Å². The Balaban J connectivity index is 1.97. The second-order valence-corrected chi connectivity index (χ2v) is 8.18. The molecule has 0 saturated carbocycles. The Labute approximate surface area is 175 Å². The van der Waals surface area contributed by atoms with E-state index in [-0.39, 0.29) is 10.5 Å². The van der Waals surface area contributed by atoms with Crippen LogP contribution in [0.25, 0.3) is 0 Å². The summed E-state index contributed by atoms with van der Waals surface area (Å²) < 4.78 is 31.4. The smallest absolute Gasteiger partial charge is 0.338 e. The summed E-state index contributed by atoms with van der Waals surface area (Å²) in [6, 6.07) is 13.0. The Kier molecular flexibility index (Phi) is 7.93. The fourth-order valence-corrected chi connectivity index (χ4v) is 3.55. The van der Waals surface area contributed by atoms with E-state index < -0.39 is 34.5 Å². The Morgan fingerprint density at radius 1 is 1.00 bits per heavy atom. The number of anilines is 1. The lowest BCUT2D eigenvalue weighted by Gasteiger charge is -2.19. The first-order valence-electron chi connectivity index (χ1n) is 9.14. The number of carbonyl (C=O) groups is 3. The molecule has 0 radical (unpaired) electrons. The van der Waals surface area contributed by atoms with Crippen LogP contribution in [0.4, 0.5) is 10.5 Å². The van der Waals surface area contributed by atoms with Crippen LogP contribution in [0.1, 0.15) is 23.7 Å². The molecular formula is C20H23N3O6S. The molecule has 0 atom stereocenters. The molecule has 0 aromatic heterocycles. The third kappa shape index (κ3) is 6.05. The number of nitrogens with zero attached hydrogens (tertiary/aromatic N) is 1. The van der Waals surface area contributed by atoms with E-state index in [1.165, 1.54) is 31.3 Å². The molecule has 3 amide bonds. The average molecular weight is 433 g/mol. The summed E-state index contributed by atoms with van der Waals surface area (Å²) in [4.78, 5) is 35.0.